The van der Waals surface area contributed by atoms with Crippen LogP contribution in [0.25, 0.3) is 11.0 Å². The minimum Gasteiger partial charge on any atom is -0.326 e. The van der Waals surface area contributed by atoms with Gasteiger partial charge >= 0.3 is 0 Å². The van der Waals surface area contributed by atoms with Crippen LogP contribution in [0.5, 0.6) is 0 Å². The number of aryl methyl sites for hydroxylation is 1. The van der Waals surface area contributed by atoms with E-state index in [0.29, 0.717) is 6.04 Å². The second kappa shape index (κ2) is 4.49. The number of rotatable bonds is 3. The zero-order chi connectivity index (χ0) is 11.7. The maximum atomic E-state index is 4.71. The number of aromatic nitrogens is 2. The molecule has 3 heteroatoms. The average molecular weight is 229 g/mol. The summed E-state index contributed by atoms with van der Waals surface area (Å²) < 4.78 is 2.39. The summed E-state index contributed by atoms with van der Waals surface area (Å²) in [4.78, 5) is 4.71. The highest BCUT2D eigenvalue weighted by Gasteiger charge is 2.17. The smallest absolute Gasteiger partial charge is 0.109 e. The van der Waals surface area contributed by atoms with E-state index in [-0.39, 0.29) is 0 Å². The van der Waals surface area contributed by atoms with Gasteiger partial charge in [-0.05, 0) is 31.5 Å². The summed E-state index contributed by atoms with van der Waals surface area (Å²) in [5, 5.41) is 3.56. The number of para-hydroxylation sites is 2. The third-order valence-electron chi connectivity index (χ3n) is 3.62. The van der Waals surface area contributed by atoms with Crippen LogP contribution in [0, 0.1) is 0 Å². The molecule has 90 valence electrons. The molecule has 1 N–H and O–H groups in total. The van der Waals surface area contributed by atoms with Crippen LogP contribution in [0.4, 0.5) is 0 Å². The monoisotopic (exact) mass is 229 g/mol. The Morgan fingerprint density at radius 1 is 1.41 bits per heavy atom. The van der Waals surface area contributed by atoms with E-state index in [1.165, 1.54) is 30.7 Å². The molecular weight excluding hydrogens is 210 g/mol. The minimum atomic E-state index is 0.623. The average Bonchev–Trinajstić information content (AvgIpc) is 2.98. The van der Waals surface area contributed by atoms with Gasteiger partial charge < -0.3 is 9.88 Å². The van der Waals surface area contributed by atoms with E-state index in [2.05, 4.69) is 41.1 Å². The summed E-state index contributed by atoms with van der Waals surface area (Å²) in [7, 11) is 0. The molecule has 2 heterocycles. The SMILES string of the molecule is CCc1nc2ccccc2n1C[C@@H]1CCCN1. The van der Waals surface area contributed by atoms with Crippen molar-refractivity contribution in [1.29, 1.82) is 0 Å². The molecule has 0 bridgehead atoms. The fraction of sp³-hybridized carbons (Fsp3) is 0.500. The van der Waals surface area contributed by atoms with E-state index < -0.39 is 0 Å². The highest BCUT2D eigenvalue weighted by atomic mass is 15.1. The largest absolute Gasteiger partial charge is 0.326 e. The Morgan fingerprint density at radius 3 is 3.06 bits per heavy atom. The van der Waals surface area contributed by atoms with Gasteiger partial charge in [-0.25, -0.2) is 4.98 Å². The summed E-state index contributed by atoms with van der Waals surface area (Å²) >= 11 is 0. The van der Waals surface area contributed by atoms with Crippen molar-refractivity contribution in [2.45, 2.75) is 38.8 Å². The van der Waals surface area contributed by atoms with Gasteiger partial charge in [0.1, 0.15) is 5.82 Å². The Hall–Kier alpha value is -1.35. The zero-order valence-corrected chi connectivity index (χ0v) is 10.3. The van der Waals surface area contributed by atoms with E-state index in [4.69, 9.17) is 4.98 Å². The maximum absolute atomic E-state index is 4.71. The molecule has 1 atom stereocenters. The quantitative estimate of drug-likeness (QED) is 0.875. The standard InChI is InChI=1S/C14H19N3/c1-2-14-16-12-7-3-4-8-13(12)17(14)10-11-6-5-9-15-11/h3-4,7-8,11,15H,2,5-6,9-10H2,1H3/t11-/m0/s1. The van der Waals surface area contributed by atoms with Crippen molar-refractivity contribution in [2.24, 2.45) is 0 Å². The second-order valence-corrected chi connectivity index (χ2v) is 4.77. The molecule has 1 aromatic heterocycles. The molecular formula is C14H19N3. The molecule has 3 rings (SSSR count). The predicted molar refractivity (Wildman–Crippen MR) is 70.1 cm³/mol. The van der Waals surface area contributed by atoms with E-state index in [1.807, 2.05) is 0 Å². The zero-order valence-electron chi connectivity index (χ0n) is 10.3. The molecule has 3 nitrogen and oxygen atoms in total. The Bertz CT molecular complexity index is 509. The number of imidazole rings is 1. The normalized spacial score (nSPS) is 20.2. The third-order valence-corrected chi connectivity index (χ3v) is 3.62. The Balaban J connectivity index is 1.99. The first-order valence-electron chi connectivity index (χ1n) is 6.56. The molecule has 1 aliphatic rings. The minimum absolute atomic E-state index is 0.623. The summed E-state index contributed by atoms with van der Waals surface area (Å²) in [5.41, 5.74) is 2.40. The molecule has 1 fully saturated rings. The van der Waals surface area contributed by atoms with Gasteiger partial charge in [-0.2, -0.15) is 0 Å². The first-order chi connectivity index (χ1) is 8.38. The lowest BCUT2D eigenvalue weighted by Crippen LogP contribution is -2.27. The number of benzene rings is 1. The Morgan fingerprint density at radius 2 is 2.29 bits per heavy atom. The van der Waals surface area contributed by atoms with Crippen LogP contribution in [-0.2, 0) is 13.0 Å². The Kier molecular flexibility index (Phi) is 2.85. The summed E-state index contributed by atoms with van der Waals surface area (Å²) in [6.07, 6.45) is 3.59. The molecule has 17 heavy (non-hydrogen) atoms. The maximum Gasteiger partial charge on any atom is 0.109 e. The molecule has 0 radical (unpaired) electrons. The molecule has 0 aliphatic carbocycles. The van der Waals surface area contributed by atoms with Crippen LogP contribution in [-0.4, -0.2) is 22.1 Å². The molecule has 1 aromatic carbocycles. The topological polar surface area (TPSA) is 29.9 Å². The highest BCUT2D eigenvalue weighted by Crippen LogP contribution is 2.18. The molecule has 2 aromatic rings. The number of hydrogen-bond donors (Lipinski definition) is 1. The fourth-order valence-electron chi connectivity index (χ4n) is 2.73. The van der Waals surface area contributed by atoms with E-state index >= 15 is 0 Å². The number of fused-ring (bicyclic) bond motifs is 1. The predicted octanol–water partition coefficient (Wildman–Crippen LogP) is 2.35. The highest BCUT2D eigenvalue weighted by molar-refractivity contribution is 5.75. The van der Waals surface area contributed by atoms with Crippen molar-refractivity contribution in [3.8, 4) is 0 Å². The van der Waals surface area contributed by atoms with Gasteiger partial charge in [0.2, 0.25) is 0 Å². The number of nitrogens with one attached hydrogen (secondary N) is 1. The molecule has 0 spiro atoms. The first kappa shape index (κ1) is 10.8. The Labute approximate surface area is 102 Å². The third kappa shape index (κ3) is 1.95. The lowest BCUT2D eigenvalue weighted by atomic mass is 10.2. The molecule has 1 saturated heterocycles. The molecule has 0 saturated carbocycles. The van der Waals surface area contributed by atoms with Crippen LogP contribution in [0.3, 0.4) is 0 Å². The van der Waals surface area contributed by atoms with Crippen molar-refractivity contribution in [1.82, 2.24) is 14.9 Å². The van der Waals surface area contributed by atoms with Gasteiger partial charge in [0, 0.05) is 19.0 Å². The lowest BCUT2D eigenvalue weighted by Gasteiger charge is -2.14. The van der Waals surface area contributed by atoms with Crippen molar-refractivity contribution in [2.75, 3.05) is 6.54 Å². The van der Waals surface area contributed by atoms with Crippen LogP contribution >= 0.6 is 0 Å². The van der Waals surface area contributed by atoms with Crippen LogP contribution in [0.1, 0.15) is 25.6 Å². The number of nitrogens with zero attached hydrogens (tertiary/aromatic N) is 2. The lowest BCUT2D eigenvalue weighted by molar-refractivity contribution is 0.506. The summed E-state index contributed by atoms with van der Waals surface area (Å²) in [6, 6.07) is 9.07. The van der Waals surface area contributed by atoms with Crippen molar-refractivity contribution >= 4 is 11.0 Å². The number of hydrogen-bond acceptors (Lipinski definition) is 2. The van der Waals surface area contributed by atoms with Crippen molar-refractivity contribution < 1.29 is 0 Å². The van der Waals surface area contributed by atoms with Gasteiger partial charge in [-0.1, -0.05) is 19.1 Å². The van der Waals surface area contributed by atoms with Crippen molar-refractivity contribution in [3.05, 3.63) is 30.1 Å². The van der Waals surface area contributed by atoms with Gasteiger partial charge in [0.15, 0.2) is 0 Å². The van der Waals surface area contributed by atoms with Gasteiger partial charge in [0.25, 0.3) is 0 Å². The summed E-state index contributed by atoms with van der Waals surface area (Å²) in [5.74, 6) is 1.21. The summed E-state index contributed by atoms with van der Waals surface area (Å²) in [6.45, 7) is 4.40. The fourth-order valence-corrected chi connectivity index (χ4v) is 2.73. The van der Waals surface area contributed by atoms with E-state index in [0.717, 1.165) is 18.5 Å². The molecule has 0 amide bonds. The van der Waals surface area contributed by atoms with Crippen LogP contribution < -0.4 is 5.32 Å². The van der Waals surface area contributed by atoms with Crippen LogP contribution in [0.15, 0.2) is 24.3 Å². The van der Waals surface area contributed by atoms with E-state index in [9.17, 15) is 0 Å². The van der Waals surface area contributed by atoms with E-state index in [1.54, 1.807) is 0 Å². The van der Waals surface area contributed by atoms with Gasteiger partial charge in [-0.15, -0.1) is 0 Å². The first-order valence-corrected chi connectivity index (χ1v) is 6.56. The van der Waals surface area contributed by atoms with Gasteiger partial charge in [0.05, 0.1) is 11.0 Å². The van der Waals surface area contributed by atoms with Crippen LogP contribution in [0.2, 0.25) is 0 Å². The molecule has 1 aliphatic heterocycles. The van der Waals surface area contributed by atoms with Crippen molar-refractivity contribution in [3.63, 3.8) is 0 Å². The molecule has 0 unspecified atom stereocenters. The second-order valence-electron chi connectivity index (χ2n) is 4.77. The van der Waals surface area contributed by atoms with Gasteiger partial charge in [-0.3, -0.25) is 0 Å².